The largest absolute Gasteiger partial charge is 0.0922 e. The summed E-state index contributed by atoms with van der Waals surface area (Å²) < 4.78 is 0. The van der Waals surface area contributed by atoms with Gasteiger partial charge in [0.25, 0.3) is 0 Å². The highest BCUT2D eigenvalue weighted by Crippen LogP contribution is 2.37. The SMILES string of the molecule is CCC1(CBr)CCC=CCC1. The first-order valence-corrected chi connectivity index (χ1v) is 5.66. The highest BCUT2D eigenvalue weighted by molar-refractivity contribution is 9.09. The zero-order valence-electron chi connectivity index (χ0n) is 7.28. The molecule has 0 atom stereocenters. The lowest BCUT2D eigenvalue weighted by atomic mass is 9.80. The van der Waals surface area contributed by atoms with Gasteiger partial charge in [0.05, 0.1) is 0 Å². The maximum Gasteiger partial charge on any atom is 0.00880 e. The van der Waals surface area contributed by atoms with E-state index >= 15 is 0 Å². The standard InChI is InChI=1S/C10H17Br/c1-2-10(9-11)7-5-3-4-6-8-10/h3-4H,2,5-9H2,1H3. The molecule has 0 heterocycles. The van der Waals surface area contributed by atoms with Crippen molar-refractivity contribution in [3.8, 4) is 0 Å². The van der Waals surface area contributed by atoms with Crippen molar-refractivity contribution in [1.29, 1.82) is 0 Å². The Kier molecular flexibility index (Phi) is 3.64. The molecule has 1 aliphatic rings. The first-order chi connectivity index (χ1) is 5.33. The van der Waals surface area contributed by atoms with Gasteiger partial charge in [0.1, 0.15) is 0 Å². The van der Waals surface area contributed by atoms with Crippen LogP contribution < -0.4 is 0 Å². The molecule has 64 valence electrons. The van der Waals surface area contributed by atoms with Gasteiger partial charge in [-0.1, -0.05) is 35.0 Å². The molecule has 11 heavy (non-hydrogen) atoms. The summed E-state index contributed by atoms with van der Waals surface area (Å²) in [4.78, 5) is 0. The molecule has 0 fully saturated rings. The quantitative estimate of drug-likeness (QED) is 0.486. The van der Waals surface area contributed by atoms with Crippen LogP contribution >= 0.6 is 15.9 Å². The van der Waals surface area contributed by atoms with E-state index in [1.165, 1.54) is 37.4 Å². The molecule has 0 aromatic rings. The zero-order chi connectivity index (χ0) is 8.16. The van der Waals surface area contributed by atoms with Crippen molar-refractivity contribution in [3.63, 3.8) is 0 Å². The molecule has 0 aliphatic heterocycles. The van der Waals surface area contributed by atoms with Gasteiger partial charge in [-0.25, -0.2) is 0 Å². The molecule has 0 radical (unpaired) electrons. The summed E-state index contributed by atoms with van der Waals surface area (Å²) in [6.07, 6.45) is 11.3. The number of rotatable bonds is 2. The summed E-state index contributed by atoms with van der Waals surface area (Å²) in [6.45, 7) is 2.31. The zero-order valence-corrected chi connectivity index (χ0v) is 8.86. The number of hydrogen-bond donors (Lipinski definition) is 0. The first-order valence-electron chi connectivity index (χ1n) is 4.54. The maximum atomic E-state index is 3.64. The molecule has 0 amide bonds. The van der Waals surface area contributed by atoms with Crippen LogP contribution in [0.1, 0.15) is 39.0 Å². The van der Waals surface area contributed by atoms with Crippen molar-refractivity contribution >= 4 is 15.9 Å². The molecule has 0 bridgehead atoms. The van der Waals surface area contributed by atoms with Gasteiger partial charge in [-0.3, -0.25) is 0 Å². The van der Waals surface area contributed by atoms with Crippen molar-refractivity contribution in [3.05, 3.63) is 12.2 Å². The van der Waals surface area contributed by atoms with E-state index in [9.17, 15) is 0 Å². The lowest BCUT2D eigenvalue weighted by molar-refractivity contribution is 0.281. The second kappa shape index (κ2) is 4.30. The number of halogens is 1. The predicted molar refractivity (Wildman–Crippen MR) is 54.1 cm³/mol. The Labute approximate surface area is 78.2 Å². The van der Waals surface area contributed by atoms with Crippen molar-refractivity contribution in [2.45, 2.75) is 39.0 Å². The van der Waals surface area contributed by atoms with Gasteiger partial charge in [-0.15, -0.1) is 0 Å². The van der Waals surface area contributed by atoms with E-state index in [-0.39, 0.29) is 0 Å². The van der Waals surface area contributed by atoms with Gasteiger partial charge in [0.2, 0.25) is 0 Å². The van der Waals surface area contributed by atoms with Gasteiger partial charge < -0.3 is 0 Å². The lowest BCUT2D eigenvalue weighted by Gasteiger charge is -2.29. The van der Waals surface area contributed by atoms with Crippen molar-refractivity contribution in [2.24, 2.45) is 5.41 Å². The minimum absolute atomic E-state index is 0.601. The smallest absolute Gasteiger partial charge is 0.00880 e. The fraction of sp³-hybridized carbons (Fsp3) is 0.800. The van der Waals surface area contributed by atoms with E-state index in [4.69, 9.17) is 0 Å². The summed E-state index contributed by atoms with van der Waals surface area (Å²) in [5.74, 6) is 0. The van der Waals surface area contributed by atoms with E-state index in [1.54, 1.807) is 0 Å². The summed E-state index contributed by atoms with van der Waals surface area (Å²) in [7, 11) is 0. The van der Waals surface area contributed by atoms with E-state index < -0.39 is 0 Å². The van der Waals surface area contributed by atoms with Crippen molar-refractivity contribution < 1.29 is 0 Å². The van der Waals surface area contributed by atoms with Gasteiger partial charge >= 0.3 is 0 Å². The molecule has 0 N–H and O–H groups in total. The topological polar surface area (TPSA) is 0 Å². The molecule has 0 nitrogen and oxygen atoms in total. The summed E-state index contributed by atoms with van der Waals surface area (Å²) >= 11 is 3.64. The molecule has 1 rings (SSSR count). The van der Waals surface area contributed by atoms with Crippen LogP contribution in [0.25, 0.3) is 0 Å². The molecule has 0 aromatic heterocycles. The van der Waals surface area contributed by atoms with E-state index in [0.29, 0.717) is 5.41 Å². The van der Waals surface area contributed by atoms with Crippen LogP contribution in [0.4, 0.5) is 0 Å². The highest BCUT2D eigenvalue weighted by atomic mass is 79.9. The van der Waals surface area contributed by atoms with Crippen LogP contribution in [0.5, 0.6) is 0 Å². The maximum absolute atomic E-state index is 3.64. The van der Waals surface area contributed by atoms with Crippen LogP contribution in [-0.2, 0) is 0 Å². The van der Waals surface area contributed by atoms with E-state index in [0.717, 1.165) is 0 Å². The van der Waals surface area contributed by atoms with Crippen LogP contribution in [0.15, 0.2) is 12.2 Å². The van der Waals surface area contributed by atoms with E-state index in [2.05, 4.69) is 35.0 Å². The second-order valence-corrected chi connectivity index (χ2v) is 4.10. The third-order valence-electron chi connectivity index (χ3n) is 2.88. The molecular weight excluding hydrogens is 200 g/mol. The van der Waals surface area contributed by atoms with Crippen LogP contribution in [0, 0.1) is 5.41 Å². The van der Waals surface area contributed by atoms with Gasteiger partial charge in [-0.05, 0) is 37.5 Å². The highest BCUT2D eigenvalue weighted by Gasteiger charge is 2.25. The van der Waals surface area contributed by atoms with Crippen molar-refractivity contribution in [2.75, 3.05) is 5.33 Å². The molecule has 1 aliphatic carbocycles. The predicted octanol–water partition coefficient (Wildman–Crippen LogP) is 3.91. The third kappa shape index (κ3) is 2.33. The van der Waals surface area contributed by atoms with Crippen LogP contribution in [-0.4, -0.2) is 5.33 Å². The summed E-state index contributed by atoms with van der Waals surface area (Å²) in [5, 5.41) is 1.18. The molecule has 0 unspecified atom stereocenters. The summed E-state index contributed by atoms with van der Waals surface area (Å²) in [5.41, 5.74) is 0.601. The van der Waals surface area contributed by atoms with E-state index in [1.807, 2.05) is 0 Å². The van der Waals surface area contributed by atoms with Gasteiger partial charge in [0, 0.05) is 5.33 Å². The fourth-order valence-electron chi connectivity index (χ4n) is 1.72. The number of alkyl halides is 1. The Balaban J connectivity index is 2.53. The molecule has 0 saturated heterocycles. The fourth-order valence-corrected chi connectivity index (χ4v) is 2.68. The van der Waals surface area contributed by atoms with Gasteiger partial charge in [-0.2, -0.15) is 0 Å². The average molecular weight is 217 g/mol. The monoisotopic (exact) mass is 216 g/mol. The van der Waals surface area contributed by atoms with Crippen LogP contribution in [0.2, 0.25) is 0 Å². The lowest BCUT2D eigenvalue weighted by Crippen LogP contribution is -2.20. The third-order valence-corrected chi connectivity index (χ3v) is 4.07. The Morgan fingerprint density at radius 3 is 2.18 bits per heavy atom. The Hall–Kier alpha value is 0.220. The Bertz CT molecular complexity index is 122. The van der Waals surface area contributed by atoms with Gasteiger partial charge in [0.15, 0.2) is 0 Å². The Morgan fingerprint density at radius 1 is 1.27 bits per heavy atom. The Morgan fingerprint density at radius 2 is 1.82 bits per heavy atom. The van der Waals surface area contributed by atoms with Crippen LogP contribution in [0.3, 0.4) is 0 Å². The number of hydrogen-bond acceptors (Lipinski definition) is 0. The molecule has 0 saturated carbocycles. The minimum Gasteiger partial charge on any atom is -0.0922 e. The van der Waals surface area contributed by atoms with Crippen molar-refractivity contribution in [1.82, 2.24) is 0 Å². The number of allylic oxidation sites excluding steroid dienone is 2. The molecule has 0 aromatic carbocycles. The average Bonchev–Trinajstić information content (AvgIpc) is 2.30. The first kappa shape index (κ1) is 9.31. The summed E-state index contributed by atoms with van der Waals surface area (Å²) in [6, 6.07) is 0. The normalized spacial score (nSPS) is 23.1. The second-order valence-electron chi connectivity index (χ2n) is 3.54. The molecule has 0 spiro atoms. The molecular formula is C10H17Br. The minimum atomic E-state index is 0.601. The molecule has 1 heteroatoms.